The minimum atomic E-state index is -0.0544. The fourth-order valence-electron chi connectivity index (χ4n) is 2.00. The third-order valence-corrected chi connectivity index (χ3v) is 3.35. The van der Waals surface area contributed by atoms with Gasteiger partial charge >= 0.3 is 0 Å². The first-order valence-corrected chi connectivity index (χ1v) is 6.31. The van der Waals surface area contributed by atoms with Crippen molar-refractivity contribution in [2.75, 3.05) is 7.05 Å². The third-order valence-electron chi connectivity index (χ3n) is 3.35. The number of aryl methyl sites for hydroxylation is 2. The first-order valence-electron chi connectivity index (χ1n) is 6.31. The Kier molecular flexibility index (Phi) is 3.81. The number of H-pyrrole nitrogens is 1. The lowest BCUT2D eigenvalue weighted by Gasteiger charge is -2.25. The molecule has 0 fully saturated rings. The Bertz CT molecular complexity index is 469. The van der Waals surface area contributed by atoms with Crippen LogP contribution in [0.1, 0.15) is 31.8 Å². The second-order valence-corrected chi connectivity index (χ2v) is 4.99. The van der Waals surface area contributed by atoms with Gasteiger partial charge in [0.15, 0.2) is 0 Å². The molecule has 2 aromatic rings. The van der Waals surface area contributed by atoms with Crippen LogP contribution in [0.2, 0.25) is 0 Å². The SMILES string of the molecule is CNC(C)(C)c1cncn1CCCc1ncc[nH]1. The van der Waals surface area contributed by atoms with Gasteiger partial charge in [-0.2, -0.15) is 0 Å². The monoisotopic (exact) mass is 247 g/mol. The van der Waals surface area contributed by atoms with E-state index in [9.17, 15) is 0 Å². The lowest BCUT2D eigenvalue weighted by molar-refractivity contribution is 0.405. The Morgan fingerprint density at radius 2 is 2.28 bits per heavy atom. The van der Waals surface area contributed by atoms with Gasteiger partial charge in [-0.25, -0.2) is 9.97 Å². The Balaban J connectivity index is 1.96. The average Bonchev–Trinajstić information content (AvgIpc) is 3.00. The summed E-state index contributed by atoms with van der Waals surface area (Å²) in [5, 5.41) is 3.31. The summed E-state index contributed by atoms with van der Waals surface area (Å²) < 4.78 is 2.21. The Labute approximate surface area is 108 Å². The molecule has 0 bridgehead atoms. The number of hydrogen-bond acceptors (Lipinski definition) is 3. The standard InChI is InChI=1S/C13H21N5/c1-13(2,14-3)11-9-15-10-18(11)8-4-5-12-16-6-7-17-12/h6-7,9-10,14H,4-5,8H2,1-3H3,(H,16,17). The largest absolute Gasteiger partial charge is 0.349 e. The van der Waals surface area contributed by atoms with Crippen molar-refractivity contribution in [3.8, 4) is 0 Å². The molecule has 2 aromatic heterocycles. The molecule has 5 nitrogen and oxygen atoms in total. The van der Waals surface area contributed by atoms with E-state index in [4.69, 9.17) is 0 Å². The quantitative estimate of drug-likeness (QED) is 0.816. The van der Waals surface area contributed by atoms with Crippen LogP contribution in [-0.4, -0.2) is 26.6 Å². The fraction of sp³-hybridized carbons (Fsp3) is 0.538. The molecule has 0 saturated carbocycles. The summed E-state index contributed by atoms with van der Waals surface area (Å²) in [4.78, 5) is 11.6. The van der Waals surface area contributed by atoms with Crippen LogP contribution in [0.5, 0.6) is 0 Å². The summed E-state index contributed by atoms with van der Waals surface area (Å²) in [7, 11) is 1.97. The summed E-state index contributed by atoms with van der Waals surface area (Å²) in [5.41, 5.74) is 1.16. The van der Waals surface area contributed by atoms with E-state index in [0.29, 0.717) is 0 Å². The van der Waals surface area contributed by atoms with E-state index < -0.39 is 0 Å². The van der Waals surface area contributed by atoms with E-state index in [1.54, 1.807) is 6.20 Å². The van der Waals surface area contributed by atoms with Crippen LogP contribution >= 0.6 is 0 Å². The summed E-state index contributed by atoms with van der Waals surface area (Å²) in [6.07, 6.45) is 9.51. The summed E-state index contributed by atoms with van der Waals surface area (Å²) >= 11 is 0. The van der Waals surface area contributed by atoms with Crippen molar-refractivity contribution >= 4 is 0 Å². The van der Waals surface area contributed by atoms with Gasteiger partial charge in [-0.05, 0) is 27.3 Å². The zero-order valence-corrected chi connectivity index (χ0v) is 11.3. The van der Waals surface area contributed by atoms with E-state index in [-0.39, 0.29) is 5.54 Å². The summed E-state index contributed by atoms with van der Waals surface area (Å²) in [6, 6.07) is 0. The zero-order chi connectivity index (χ0) is 13.0. The highest BCUT2D eigenvalue weighted by Crippen LogP contribution is 2.19. The van der Waals surface area contributed by atoms with Crippen LogP contribution in [0.3, 0.4) is 0 Å². The topological polar surface area (TPSA) is 58.5 Å². The molecular weight excluding hydrogens is 226 g/mol. The molecule has 5 heteroatoms. The van der Waals surface area contributed by atoms with Crippen LogP contribution in [0.15, 0.2) is 24.9 Å². The molecule has 98 valence electrons. The molecule has 0 spiro atoms. The molecular formula is C13H21N5. The number of nitrogens with zero attached hydrogens (tertiary/aromatic N) is 3. The number of aromatic amines is 1. The van der Waals surface area contributed by atoms with Crippen molar-refractivity contribution in [1.29, 1.82) is 0 Å². The number of imidazole rings is 2. The van der Waals surface area contributed by atoms with E-state index in [0.717, 1.165) is 25.2 Å². The average molecular weight is 247 g/mol. The van der Waals surface area contributed by atoms with Gasteiger partial charge in [0.05, 0.1) is 17.6 Å². The first-order chi connectivity index (χ1) is 8.63. The van der Waals surface area contributed by atoms with Gasteiger partial charge < -0.3 is 14.9 Å². The lowest BCUT2D eigenvalue weighted by atomic mass is 10.0. The maximum atomic E-state index is 4.25. The Morgan fingerprint density at radius 1 is 1.44 bits per heavy atom. The highest BCUT2D eigenvalue weighted by atomic mass is 15.1. The third kappa shape index (κ3) is 2.79. The van der Waals surface area contributed by atoms with Crippen molar-refractivity contribution in [1.82, 2.24) is 24.8 Å². The number of aromatic nitrogens is 4. The Hall–Kier alpha value is -1.62. The summed E-state index contributed by atoms with van der Waals surface area (Å²) in [5.74, 6) is 1.05. The molecule has 0 saturated heterocycles. The highest BCUT2D eigenvalue weighted by molar-refractivity contribution is 5.10. The molecule has 2 N–H and O–H groups in total. The van der Waals surface area contributed by atoms with Crippen molar-refractivity contribution < 1.29 is 0 Å². The van der Waals surface area contributed by atoms with Crippen LogP contribution in [0.25, 0.3) is 0 Å². The molecule has 0 unspecified atom stereocenters. The van der Waals surface area contributed by atoms with E-state index >= 15 is 0 Å². The first kappa shape index (κ1) is 12.8. The second kappa shape index (κ2) is 5.35. The fourth-order valence-corrected chi connectivity index (χ4v) is 2.00. The molecule has 0 aliphatic carbocycles. The van der Waals surface area contributed by atoms with Crippen molar-refractivity contribution in [3.05, 3.63) is 36.4 Å². The minimum absolute atomic E-state index is 0.0544. The maximum absolute atomic E-state index is 4.25. The molecule has 0 aromatic carbocycles. The predicted molar refractivity (Wildman–Crippen MR) is 71.2 cm³/mol. The lowest BCUT2D eigenvalue weighted by Crippen LogP contribution is -2.35. The van der Waals surface area contributed by atoms with Crippen LogP contribution in [0, 0.1) is 0 Å². The van der Waals surface area contributed by atoms with Crippen LogP contribution < -0.4 is 5.32 Å². The molecule has 0 radical (unpaired) electrons. The second-order valence-electron chi connectivity index (χ2n) is 4.99. The molecule has 2 heterocycles. The minimum Gasteiger partial charge on any atom is -0.349 e. The van der Waals surface area contributed by atoms with Crippen LogP contribution in [0.4, 0.5) is 0 Å². The Morgan fingerprint density at radius 3 is 2.94 bits per heavy atom. The van der Waals surface area contributed by atoms with E-state index in [1.165, 1.54) is 5.69 Å². The molecule has 0 aliphatic heterocycles. The summed E-state index contributed by atoms with van der Waals surface area (Å²) in [6.45, 7) is 5.28. The zero-order valence-electron chi connectivity index (χ0n) is 11.3. The van der Waals surface area contributed by atoms with Gasteiger partial charge in [0, 0.05) is 31.6 Å². The van der Waals surface area contributed by atoms with Crippen LogP contribution in [-0.2, 0) is 18.5 Å². The van der Waals surface area contributed by atoms with Gasteiger partial charge in [0.25, 0.3) is 0 Å². The van der Waals surface area contributed by atoms with E-state index in [1.807, 2.05) is 25.8 Å². The molecule has 18 heavy (non-hydrogen) atoms. The van der Waals surface area contributed by atoms with Crippen molar-refractivity contribution in [2.45, 2.75) is 38.8 Å². The molecule has 2 rings (SSSR count). The van der Waals surface area contributed by atoms with E-state index in [2.05, 4.69) is 38.7 Å². The molecule has 0 atom stereocenters. The van der Waals surface area contributed by atoms with Crippen molar-refractivity contribution in [3.63, 3.8) is 0 Å². The maximum Gasteiger partial charge on any atom is 0.106 e. The van der Waals surface area contributed by atoms with Gasteiger partial charge in [0.2, 0.25) is 0 Å². The molecule has 0 amide bonds. The highest BCUT2D eigenvalue weighted by Gasteiger charge is 2.21. The van der Waals surface area contributed by atoms with Gasteiger partial charge in [-0.3, -0.25) is 0 Å². The molecule has 0 aliphatic rings. The number of nitrogens with one attached hydrogen (secondary N) is 2. The van der Waals surface area contributed by atoms with Gasteiger partial charge in [-0.1, -0.05) is 0 Å². The van der Waals surface area contributed by atoms with Crippen molar-refractivity contribution in [2.24, 2.45) is 0 Å². The van der Waals surface area contributed by atoms with Gasteiger partial charge in [0.1, 0.15) is 5.82 Å². The number of rotatable bonds is 6. The smallest absolute Gasteiger partial charge is 0.106 e. The van der Waals surface area contributed by atoms with Gasteiger partial charge in [-0.15, -0.1) is 0 Å². The number of hydrogen-bond donors (Lipinski definition) is 2. The normalized spacial score (nSPS) is 11.9. The predicted octanol–water partition coefficient (Wildman–Crippen LogP) is 1.69.